The van der Waals surface area contributed by atoms with Crippen molar-refractivity contribution in [1.82, 2.24) is 14.7 Å². The van der Waals surface area contributed by atoms with E-state index in [2.05, 4.69) is 9.80 Å². The van der Waals surface area contributed by atoms with Gasteiger partial charge in [-0.2, -0.15) is 0 Å². The summed E-state index contributed by atoms with van der Waals surface area (Å²) in [6, 6.07) is 1.04. The van der Waals surface area contributed by atoms with Gasteiger partial charge in [0.05, 0.1) is 6.61 Å². The van der Waals surface area contributed by atoms with Gasteiger partial charge in [-0.3, -0.25) is 9.80 Å². The number of hydrogen-bond acceptors (Lipinski definition) is 5. The summed E-state index contributed by atoms with van der Waals surface area (Å²) in [6.07, 6.45) is 9.77. The summed E-state index contributed by atoms with van der Waals surface area (Å²) in [5.74, 6) is 0.860. The first-order valence-corrected chi connectivity index (χ1v) is 11.2. The fourth-order valence-corrected chi connectivity index (χ4v) is 5.24. The first-order chi connectivity index (χ1) is 13.2. The molecule has 3 rings (SSSR count). The molecule has 0 bridgehead atoms. The van der Waals surface area contributed by atoms with Gasteiger partial charge in [-0.05, 0) is 44.9 Å². The van der Waals surface area contributed by atoms with Gasteiger partial charge >= 0.3 is 6.09 Å². The molecule has 0 spiro atoms. The maximum Gasteiger partial charge on any atom is 0.409 e. The summed E-state index contributed by atoms with van der Waals surface area (Å²) < 4.78 is 5.14. The lowest BCUT2D eigenvalue weighted by Gasteiger charge is -2.47. The molecule has 27 heavy (non-hydrogen) atoms. The molecule has 0 aromatic rings. The van der Waals surface area contributed by atoms with Crippen LogP contribution in [0, 0.1) is 5.92 Å². The maximum absolute atomic E-state index is 11.9. The molecule has 1 saturated carbocycles. The second-order valence-corrected chi connectivity index (χ2v) is 8.58. The normalized spacial score (nSPS) is 27.0. The minimum absolute atomic E-state index is 0.161. The van der Waals surface area contributed by atoms with Gasteiger partial charge in [-0.25, -0.2) is 4.79 Å². The smallest absolute Gasteiger partial charge is 0.409 e. The zero-order valence-corrected chi connectivity index (χ0v) is 17.2. The molecule has 156 valence electrons. The Balaban J connectivity index is 1.48. The lowest BCUT2D eigenvalue weighted by Crippen LogP contribution is -2.58. The van der Waals surface area contributed by atoms with Crippen molar-refractivity contribution < 1.29 is 14.6 Å². The van der Waals surface area contributed by atoms with Crippen LogP contribution in [0.15, 0.2) is 0 Å². The predicted octanol–water partition coefficient (Wildman–Crippen LogP) is 2.56. The van der Waals surface area contributed by atoms with E-state index in [-0.39, 0.29) is 12.7 Å². The number of likely N-dealkylation sites (tertiary alicyclic amines) is 1. The SMILES string of the molecule is CCOC(=O)N1CCC(N2CCN(CC3CCCCC3)C(CCO)C2)CC1. The van der Waals surface area contributed by atoms with Gasteiger partial charge in [-0.1, -0.05) is 19.3 Å². The fourth-order valence-electron chi connectivity index (χ4n) is 5.24. The third-order valence-corrected chi connectivity index (χ3v) is 6.82. The number of hydrogen-bond donors (Lipinski definition) is 1. The molecule has 3 aliphatic rings. The van der Waals surface area contributed by atoms with Crippen molar-refractivity contribution in [3.05, 3.63) is 0 Å². The number of amides is 1. The van der Waals surface area contributed by atoms with Gasteiger partial charge < -0.3 is 14.7 Å². The summed E-state index contributed by atoms with van der Waals surface area (Å²) in [7, 11) is 0. The number of rotatable bonds is 6. The van der Waals surface area contributed by atoms with Crippen LogP contribution >= 0.6 is 0 Å². The van der Waals surface area contributed by atoms with Crippen LogP contribution in [0.4, 0.5) is 4.79 Å². The molecule has 1 aliphatic carbocycles. The van der Waals surface area contributed by atoms with Crippen molar-refractivity contribution in [1.29, 1.82) is 0 Å². The van der Waals surface area contributed by atoms with Crippen molar-refractivity contribution in [3.63, 3.8) is 0 Å². The molecule has 0 aromatic heterocycles. The third-order valence-electron chi connectivity index (χ3n) is 6.82. The fraction of sp³-hybridized carbons (Fsp3) is 0.952. The van der Waals surface area contributed by atoms with Gasteiger partial charge in [0.15, 0.2) is 0 Å². The van der Waals surface area contributed by atoms with Crippen molar-refractivity contribution in [2.45, 2.75) is 70.4 Å². The second-order valence-electron chi connectivity index (χ2n) is 8.58. The molecule has 1 unspecified atom stereocenters. The molecule has 1 amide bonds. The highest BCUT2D eigenvalue weighted by molar-refractivity contribution is 5.67. The van der Waals surface area contributed by atoms with Crippen LogP contribution in [0.25, 0.3) is 0 Å². The number of nitrogens with zero attached hydrogens (tertiary/aromatic N) is 3. The van der Waals surface area contributed by atoms with Gasteiger partial charge in [-0.15, -0.1) is 0 Å². The molecule has 0 radical (unpaired) electrons. The molecule has 2 heterocycles. The van der Waals surface area contributed by atoms with E-state index < -0.39 is 0 Å². The zero-order valence-electron chi connectivity index (χ0n) is 17.2. The number of piperazine rings is 1. The average Bonchev–Trinajstić information content (AvgIpc) is 2.70. The molecule has 0 aromatic carbocycles. The highest BCUT2D eigenvalue weighted by Gasteiger charge is 2.34. The lowest BCUT2D eigenvalue weighted by molar-refractivity contribution is 0.00699. The number of carbonyl (C=O) groups is 1. The topological polar surface area (TPSA) is 56.2 Å². The van der Waals surface area contributed by atoms with E-state index in [0.717, 1.165) is 57.9 Å². The predicted molar refractivity (Wildman–Crippen MR) is 107 cm³/mol. The second kappa shape index (κ2) is 10.6. The molecule has 6 heteroatoms. The Morgan fingerprint density at radius 1 is 1.04 bits per heavy atom. The van der Waals surface area contributed by atoms with Crippen LogP contribution in [0.1, 0.15) is 58.3 Å². The first-order valence-electron chi connectivity index (χ1n) is 11.2. The van der Waals surface area contributed by atoms with E-state index in [1.807, 2.05) is 11.8 Å². The van der Waals surface area contributed by atoms with E-state index in [9.17, 15) is 9.90 Å². The Morgan fingerprint density at radius 2 is 1.78 bits per heavy atom. The van der Waals surface area contributed by atoms with Crippen LogP contribution < -0.4 is 0 Å². The molecular formula is C21H39N3O3. The summed E-state index contributed by atoms with van der Waals surface area (Å²) in [6.45, 7) is 8.73. The van der Waals surface area contributed by atoms with Crippen molar-refractivity contribution >= 4 is 6.09 Å². The highest BCUT2D eigenvalue weighted by atomic mass is 16.6. The number of piperidine rings is 1. The molecule has 2 saturated heterocycles. The number of ether oxygens (including phenoxy) is 1. The van der Waals surface area contributed by atoms with Gasteiger partial charge in [0.25, 0.3) is 0 Å². The summed E-state index contributed by atoms with van der Waals surface area (Å²) >= 11 is 0. The van der Waals surface area contributed by atoms with E-state index >= 15 is 0 Å². The van der Waals surface area contributed by atoms with Crippen LogP contribution in [-0.2, 0) is 4.74 Å². The van der Waals surface area contributed by atoms with Crippen LogP contribution in [0.3, 0.4) is 0 Å². The third kappa shape index (κ3) is 5.81. The van der Waals surface area contributed by atoms with Crippen LogP contribution in [-0.4, -0.2) is 90.5 Å². The minimum Gasteiger partial charge on any atom is -0.450 e. The Labute approximate surface area is 164 Å². The van der Waals surface area contributed by atoms with Crippen LogP contribution in [0.2, 0.25) is 0 Å². The first kappa shape index (κ1) is 20.9. The highest BCUT2D eigenvalue weighted by Crippen LogP contribution is 2.27. The van der Waals surface area contributed by atoms with E-state index in [0.29, 0.717) is 18.7 Å². The van der Waals surface area contributed by atoms with Crippen molar-refractivity contribution in [2.24, 2.45) is 5.92 Å². The molecule has 1 N–H and O–H groups in total. The van der Waals surface area contributed by atoms with E-state index in [1.165, 1.54) is 38.6 Å². The Morgan fingerprint density at radius 3 is 2.44 bits per heavy atom. The summed E-state index contributed by atoms with van der Waals surface area (Å²) in [5.41, 5.74) is 0. The summed E-state index contributed by atoms with van der Waals surface area (Å²) in [5, 5.41) is 9.58. The molecule has 6 nitrogen and oxygen atoms in total. The zero-order chi connectivity index (χ0) is 19.1. The average molecular weight is 382 g/mol. The monoisotopic (exact) mass is 381 g/mol. The molecule has 2 aliphatic heterocycles. The van der Waals surface area contributed by atoms with Crippen molar-refractivity contribution in [3.8, 4) is 0 Å². The van der Waals surface area contributed by atoms with Gasteiger partial charge in [0.2, 0.25) is 0 Å². The Hall–Kier alpha value is -0.850. The largest absolute Gasteiger partial charge is 0.450 e. The minimum atomic E-state index is -0.161. The van der Waals surface area contributed by atoms with Crippen LogP contribution in [0.5, 0.6) is 0 Å². The quantitative estimate of drug-likeness (QED) is 0.766. The number of carbonyl (C=O) groups excluding carboxylic acids is 1. The summed E-state index contributed by atoms with van der Waals surface area (Å²) in [4.78, 5) is 19.0. The molecule has 1 atom stereocenters. The molecule has 3 fully saturated rings. The maximum atomic E-state index is 11.9. The molecular weight excluding hydrogens is 342 g/mol. The van der Waals surface area contributed by atoms with E-state index in [1.54, 1.807) is 0 Å². The Kier molecular flexibility index (Phi) is 8.22. The van der Waals surface area contributed by atoms with E-state index in [4.69, 9.17) is 4.74 Å². The Bertz CT molecular complexity index is 448. The van der Waals surface area contributed by atoms with Gasteiger partial charge in [0.1, 0.15) is 0 Å². The number of aliphatic hydroxyl groups is 1. The van der Waals surface area contributed by atoms with Gasteiger partial charge in [0, 0.05) is 58.0 Å². The standard InChI is InChI=1S/C21H39N3O3/c1-2-27-21(26)22-11-8-19(9-12-22)24-14-13-23(20(17-24)10-15-25)16-18-6-4-3-5-7-18/h18-20,25H,2-17H2,1H3. The van der Waals surface area contributed by atoms with Crippen molar-refractivity contribution in [2.75, 3.05) is 52.5 Å². The lowest BCUT2D eigenvalue weighted by atomic mass is 9.88. The number of aliphatic hydroxyl groups excluding tert-OH is 1.